The molecule has 3 aromatic carbocycles. The lowest BCUT2D eigenvalue weighted by Gasteiger charge is -2.12. The van der Waals surface area contributed by atoms with E-state index in [4.69, 9.17) is 14.0 Å². The lowest BCUT2D eigenvalue weighted by molar-refractivity contribution is 0.0942. The van der Waals surface area contributed by atoms with Crippen molar-refractivity contribution in [1.82, 2.24) is 10.5 Å². The number of benzene rings is 3. The average molecular weight is 485 g/mol. The van der Waals surface area contributed by atoms with Gasteiger partial charge in [-0.3, -0.25) is 4.79 Å². The molecule has 4 rings (SSSR count). The minimum absolute atomic E-state index is 0.0980. The third kappa shape index (κ3) is 6.33. The molecular formula is C30H32N2O4. The van der Waals surface area contributed by atoms with Crippen molar-refractivity contribution in [1.29, 1.82) is 0 Å². The van der Waals surface area contributed by atoms with Gasteiger partial charge in [0.15, 0.2) is 11.5 Å². The van der Waals surface area contributed by atoms with E-state index in [0.29, 0.717) is 18.2 Å². The van der Waals surface area contributed by atoms with Crippen LogP contribution in [0.15, 0.2) is 77.3 Å². The topological polar surface area (TPSA) is 73.6 Å². The molecule has 0 atom stereocenters. The van der Waals surface area contributed by atoms with Crippen molar-refractivity contribution in [2.24, 2.45) is 0 Å². The Balaban J connectivity index is 1.32. The summed E-state index contributed by atoms with van der Waals surface area (Å²) in [5, 5.41) is 6.83. The van der Waals surface area contributed by atoms with Crippen LogP contribution >= 0.6 is 0 Å². The van der Waals surface area contributed by atoms with Crippen LogP contribution < -0.4 is 14.8 Å². The van der Waals surface area contributed by atoms with Gasteiger partial charge >= 0.3 is 0 Å². The summed E-state index contributed by atoms with van der Waals surface area (Å²) >= 11 is 0. The third-order valence-electron chi connectivity index (χ3n) is 5.72. The molecule has 1 heterocycles. The van der Waals surface area contributed by atoms with Crippen LogP contribution in [0, 0.1) is 6.92 Å². The maximum atomic E-state index is 12.6. The molecule has 0 spiro atoms. The fraction of sp³-hybridized carbons (Fsp3) is 0.267. The van der Waals surface area contributed by atoms with Crippen molar-refractivity contribution in [3.8, 4) is 28.6 Å². The lowest BCUT2D eigenvalue weighted by atomic mass is 10.0. The molecule has 1 aromatic heterocycles. The zero-order valence-corrected chi connectivity index (χ0v) is 21.4. The second kappa shape index (κ2) is 11.1. The SMILES string of the molecule is Cc1cc(-c2cc(C(=O)NCc3ccc(Oc4ccc(C(C)C)cc4)cc3)no2)ccc1OC(C)C. The number of hydrogen-bond acceptors (Lipinski definition) is 5. The number of ether oxygens (including phenoxy) is 2. The Labute approximate surface area is 212 Å². The van der Waals surface area contributed by atoms with Crippen molar-refractivity contribution in [3.05, 3.63) is 95.2 Å². The molecule has 0 bridgehead atoms. The molecule has 0 saturated carbocycles. The highest BCUT2D eigenvalue weighted by molar-refractivity contribution is 5.93. The first kappa shape index (κ1) is 25.0. The van der Waals surface area contributed by atoms with E-state index in [0.717, 1.165) is 33.9 Å². The van der Waals surface area contributed by atoms with Crippen LogP contribution in [0.1, 0.15) is 60.8 Å². The quantitative estimate of drug-likeness (QED) is 0.270. The van der Waals surface area contributed by atoms with Gasteiger partial charge in [-0.1, -0.05) is 43.3 Å². The van der Waals surface area contributed by atoms with Crippen LogP contribution in [-0.4, -0.2) is 17.2 Å². The van der Waals surface area contributed by atoms with Crippen LogP contribution in [0.3, 0.4) is 0 Å². The third-order valence-corrected chi connectivity index (χ3v) is 5.72. The highest BCUT2D eigenvalue weighted by Crippen LogP contribution is 2.28. The zero-order valence-electron chi connectivity index (χ0n) is 21.4. The Hall–Kier alpha value is -4.06. The van der Waals surface area contributed by atoms with Crippen LogP contribution in [0.2, 0.25) is 0 Å². The molecule has 4 aromatic rings. The van der Waals surface area contributed by atoms with Crippen molar-refractivity contribution >= 4 is 5.91 Å². The normalized spacial score (nSPS) is 11.1. The van der Waals surface area contributed by atoms with Gasteiger partial charge in [-0.05, 0) is 85.8 Å². The summed E-state index contributed by atoms with van der Waals surface area (Å²) in [6.07, 6.45) is 0.0980. The summed E-state index contributed by atoms with van der Waals surface area (Å²) in [7, 11) is 0. The molecule has 0 aliphatic carbocycles. The first-order chi connectivity index (χ1) is 17.3. The molecule has 1 amide bonds. The molecule has 1 N–H and O–H groups in total. The summed E-state index contributed by atoms with van der Waals surface area (Å²) in [4.78, 5) is 12.6. The van der Waals surface area contributed by atoms with Gasteiger partial charge in [-0.15, -0.1) is 0 Å². The predicted octanol–water partition coefficient (Wildman–Crippen LogP) is 7.28. The number of aromatic nitrogens is 1. The van der Waals surface area contributed by atoms with Gasteiger partial charge in [-0.25, -0.2) is 0 Å². The van der Waals surface area contributed by atoms with E-state index < -0.39 is 0 Å². The molecule has 6 nitrogen and oxygen atoms in total. The number of hydrogen-bond donors (Lipinski definition) is 1. The molecule has 0 aliphatic heterocycles. The van der Waals surface area contributed by atoms with E-state index in [1.54, 1.807) is 6.07 Å². The van der Waals surface area contributed by atoms with Gasteiger partial charge in [0.2, 0.25) is 0 Å². The maximum absolute atomic E-state index is 12.6. The highest BCUT2D eigenvalue weighted by atomic mass is 16.5. The number of rotatable bonds is 9. The van der Waals surface area contributed by atoms with Gasteiger partial charge in [0, 0.05) is 18.2 Å². The largest absolute Gasteiger partial charge is 0.491 e. The second-order valence-electron chi connectivity index (χ2n) is 9.38. The summed E-state index contributed by atoms with van der Waals surface area (Å²) in [5.41, 5.74) is 4.28. The van der Waals surface area contributed by atoms with Crippen molar-refractivity contribution in [2.45, 2.75) is 53.2 Å². The van der Waals surface area contributed by atoms with Gasteiger partial charge in [-0.2, -0.15) is 0 Å². The Kier molecular flexibility index (Phi) is 7.74. The van der Waals surface area contributed by atoms with Gasteiger partial charge in [0.25, 0.3) is 5.91 Å². The van der Waals surface area contributed by atoms with E-state index in [-0.39, 0.29) is 17.7 Å². The van der Waals surface area contributed by atoms with Crippen LogP contribution in [0.4, 0.5) is 0 Å². The molecule has 36 heavy (non-hydrogen) atoms. The Morgan fingerprint density at radius 3 is 2.19 bits per heavy atom. The van der Waals surface area contributed by atoms with Crippen LogP contribution in [0.5, 0.6) is 17.2 Å². The number of aryl methyl sites for hydroxylation is 1. The summed E-state index contributed by atoms with van der Waals surface area (Å²) in [6, 6.07) is 23.2. The second-order valence-corrected chi connectivity index (χ2v) is 9.38. The van der Waals surface area contributed by atoms with Crippen molar-refractivity contribution in [2.75, 3.05) is 0 Å². The van der Waals surface area contributed by atoms with Crippen molar-refractivity contribution in [3.63, 3.8) is 0 Å². The van der Waals surface area contributed by atoms with E-state index >= 15 is 0 Å². The molecule has 0 fully saturated rings. The Morgan fingerprint density at radius 1 is 0.917 bits per heavy atom. The molecular weight excluding hydrogens is 452 g/mol. The fourth-order valence-electron chi connectivity index (χ4n) is 3.71. The summed E-state index contributed by atoms with van der Waals surface area (Å²) in [6.45, 7) is 10.7. The zero-order chi connectivity index (χ0) is 25.7. The van der Waals surface area contributed by atoms with Crippen LogP contribution in [-0.2, 0) is 6.54 Å². The molecule has 186 valence electrons. The van der Waals surface area contributed by atoms with Gasteiger partial charge in [0.05, 0.1) is 6.10 Å². The molecule has 0 saturated heterocycles. The predicted molar refractivity (Wildman–Crippen MR) is 141 cm³/mol. The number of amides is 1. The number of nitrogens with zero attached hydrogens (tertiary/aromatic N) is 1. The average Bonchev–Trinajstić information content (AvgIpc) is 3.35. The summed E-state index contributed by atoms with van der Waals surface area (Å²) < 4.78 is 17.1. The number of carbonyl (C=O) groups excluding carboxylic acids is 1. The number of nitrogens with one attached hydrogen (secondary N) is 1. The molecule has 0 aliphatic rings. The van der Waals surface area contributed by atoms with E-state index in [1.165, 1.54) is 5.56 Å². The molecule has 6 heteroatoms. The first-order valence-electron chi connectivity index (χ1n) is 12.2. The van der Waals surface area contributed by atoms with E-state index in [2.05, 4.69) is 36.5 Å². The van der Waals surface area contributed by atoms with E-state index in [9.17, 15) is 4.79 Å². The minimum atomic E-state index is -0.299. The first-order valence-corrected chi connectivity index (χ1v) is 12.2. The standard InChI is InChI=1S/C30H32N2O4/c1-19(2)23-8-13-26(14-9-23)35-25-11-6-22(7-12-25)18-31-30(33)27-17-29(36-32-27)24-10-15-28(21(5)16-24)34-20(3)4/h6-17,19-20H,18H2,1-5H3,(H,31,33). The Morgan fingerprint density at radius 2 is 1.58 bits per heavy atom. The van der Waals surface area contributed by atoms with Crippen LogP contribution in [0.25, 0.3) is 11.3 Å². The molecule has 0 radical (unpaired) electrons. The minimum Gasteiger partial charge on any atom is -0.491 e. The highest BCUT2D eigenvalue weighted by Gasteiger charge is 2.15. The fourth-order valence-corrected chi connectivity index (χ4v) is 3.71. The monoisotopic (exact) mass is 484 g/mol. The van der Waals surface area contributed by atoms with E-state index in [1.807, 2.05) is 75.4 Å². The molecule has 0 unspecified atom stereocenters. The lowest BCUT2D eigenvalue weighted by Crippen LogP contribution is -2.22. The maximum Gasteiger partial charge on any atom is 0.273 e. The van der Waals surface area contributed by atoms with Gasteiger partial charge < -0.3 is 19.3 Å². The smallest absolute Gasteiger partial charge is 0.273 e. The van der Waals surface area contributed by atoms with Crippen molar-refractivity contribution < 1.29 is 18.8 Å². The number of carbonyl (C=O) groups is 1. The summed E-state index contributed by atoms with van der Waals surface area (Å²) in [5.74, 6) is 3.07. The Bertz CT molecular complexity index is 1310. The van der Waals surface area contributed by atoms with Gasteiger partial charge in [0.1, 0.15) is 17.2 Å².